The van der Waals surface area contributed by atoms with Gasteiger partial charge in [-0.05, 0) is 6.42 Å². The number of fused-ring (bicyclic) bond motifs is 1. The molecule has 2 aliphatic heterocycles. The highest BCUT2D eigenvalue weighted by Crippen LogP contribution is 2.35. The summed E-state index contributed by atoms with van der Waals surface area (Å²) in [5.41, 5.74) is 1.03. The topological polar surface area (TPSA) is 20.3 Å². The van der Waals surface area contributed by atoms with Gasteiger partial charge in [0.25, 0.3) is 0 Å². The summed E-state index contributed by atoms with van der Waals surface area (Å²) in [6, 6.07) is 0. The van der Waals surface area contributed by atoms with E-state index in [-0.39, 0.29) is 11.3 Å². The first-order valence-electron chi connectivity index (χ1n) is 4.44. The maximum atomic E-state index is 11.8. The Morgan fingerprint density at radius 2 is 2.33 bits per heavy atom. The first-order valence-corrected chi connectivity index (χ1v) is 4.44. The van der Waals surface area contributed by atoms with Gasteiger partial charge < -0.3 is 0 Å². The second kappa shape index (κ2) is 2.28. The largest absolute Gasteiger partial charge is 0.274 e. The summed E-state index contributed by atoms with van der Waals surface area (Å²) in [7, 11) is 0. The smallest absolute Gasteiger partial charge is 0.236 e. The summed E-state index contributed by atoms with van der Waals surface area (Å²) in [5, 5.41) is 0. The van der Waals surface area contributed by atoms with Gasteiger partial charge in [-0.1, -0.05) is 19.9 Å². The van der Waals surface area contributed by atoms with E-state index in [9.17, 15) is 4.79 Å². The van der Waals surface area contributed by atoms with E-state index in [1.165, 1.54) is 5.70 Å². The molecule has 2 rings (SSSR count). The molecule has 2 heteroatoms. The molecule has 1 amide bonds. The Morgan fingerprint density at radius 1 is 1.58 bits per heavy atom. The number of hydrogen-bond acceptors (Lipinski definition) is 1. The molecule has 0 bridgehead atoms. The van der Waals surface area contributed by atoms with Crippen LogP contribution < -0.4 is 0 Å². The van der Waals surface area contributed by atoms with E-state index >= 15 is 0 Å². The highest BCUT2D eigenvalue weighted by Gasteiger charge is 2.41. The number of carbonyl (C=O) groups is 1. The van der Waals surface area contributed by atoms with Crippen LogP contribution in [0.15, 0.2) is 11.8 Å². The van der Waals surface area contributed by atoms with Crippen molar-refractivity contribution in [2.24, 2.45) is 5.41 Å². The zero-order valence-corrected chi connectivity index (χ0v) is 7.63. The molecule has 64 valence electrons. The highest BCUT2D eigenvalue weighted by molar-refractivity contribution is 5.85. The van der Waals surface area contributed by atoms with Crippen LogP contribution >= 0.6 is 0 Å². The normalized spacial score (nSPS) is 26.3. The van der Waals surface area contributed by atoms with Crippen LogP contribution in [0, 0.1) is 11.8 Å². The molecule has 2 aliphatic rings. The Hall–Kier alpha value is -0.920. The zero-order valence-electron chi connectivity index (χ0n) is 7.63. The van der Waals surface area contributed by atoms with E-state index in [0.29, 0.717) is 0 Å². The van der Waals surface area contributed by atoms with Gasteiger partial charge in [-0.25, -0.2) is 0 Å². The summed E-state index contributed by atoms with van der Waals surface area (Å²) >= 11 is 0. The summed E-state index contributed by atoms with van der Waals surface area (Å²) in [5.74, 6) is 0.286. The number of amides is 1. The molecular formula is C10H14NO+. The summed E-state index contributed by atoms with van der Waals surface area (Å²) in [4.78, 5) is 13.7. The average Bonchev–Trinajstić information content (AvgIpc) is 2.45. The van der Waals surface area contributed by atoms with Gasteiger partial charge in [0.2, 0.25) is 5.91 Å². The van der Waals surface area contributed by atoms with Crippen LogP contribution in [0.25, 0.3) is 0 Å². The van der Waals surface area contributed by atoms with Gasteiger partial charge in [-0.2, -0.15) is 0 Å². The van der Waals surface area contributed by atoms with Crippen LogP contribution in [0.2, 0.25) is 0 Å². The van der Waals surface area contributed by atoms with E-state index in [0.717, 1.165) is 19.4 Å². The minimum atomic E-state index is -0.179. The molecule has 0 unspecified atom stereocenters. The fourth-order valence-electron chi connectivity index (χ4n) is 1.80. The molecule has 0 N–H and O–H groups in total. The third-order valence-corrected chi connectivity index (χ3v) is 2.68. The molecule has 2 heterocycles. The minimum absolute atomic E-state index is 0.179. The third kappa shape index (κ3) is 0.942. The van der Waals surface area contributed by atoms with Crippen molar-refractivity contribution in [1.82, 2.24) is 4.90 Å². The lowest BCUT2D eigenvalue weighted by Gasteiger charge is -2.31. The van der Waals surface area contributed by atoms with Crippen LogP contribution in [0.5, 0.6) is 0 Å². The van der Waals surface area contributed by atoms with Crippen molar-refractivity contribution in [1.29, 1.82) is 0 Å². The van der Waals surface area contributed by atoms with E-state index in [4.69, 9.17) is 0 Å². The molecule has 0 spiro atoms. The van der Waals surface area contributed by atoms with Crippen molar-refractivity contribution >= 4 is 5.91 Å². The summed E-state index contributed by atoms with van der Waals surface area (Å²) < 4.78 is 0. The molecule has 0 aromatic rings. The molecule has 1 fully saturated rings. The standard InChI is InChI=1S/C10H14NO/c1-10(2)6-5-8-4-3-7-11(8)9(10)12/h3,5H,4,6-7H2,1-2H3/q+1. The van der Waals surface area contributed by atoms with Crippen LogP contribution in [0.3, 0.4) is 0 Å². The summed E-state index contributed by atoms with van der Waals surface area (Å²) in [6.07, 6.45) is 6.23. The van der Waals surface area contributed by atoms with Crippen molar-refractivity contribution < 1.29 is 4.79 Å². The highest BCUT2D eigenvalue weighted by atomic mass is 16.2. The molecule has 0 atom stereocenters. The van der Waals surface area contributed by atoms with Gasteiger partial charge >= 0.3 is 0 Å². The third-order valence-electron chi connectivity index (χ3n) is 2.68. The Morgan fingerprint density at radius 3 is 3.08 bits per heavy atom. The van der Waals surface area contributed by atoms with Crippen molar-refractivity contribution in [3.63, 3.8) is 0 Å². The maximum Gasteiger partial charge on any atom is 0.236 e. The van der Waals surface area contributed by atoms with E-state index in [2.05, 4.69) is 12.5 Å². The average molecular weight is 164 g/mol. The molecule has 2 nitrogen and oxygen atoms in total. The SMILES string of the molecule is CC1(C)CC=C2C[CH+]CN2C1=O. The molecule has 0 aromatic heterocycles. The zero-order chi connectivity index (χ0) is 8.77. The lowest BCUT2D eigenvalue weighted by Crippen LogP contribution is -2.40. The molecule has 1 saturated heterocycles. The molecule has 0 aromatic carbocycles. The lowest BCUT2D eigenvalue weighted by molar-refractivity contribution is -0.138. The maximum absolute atomic E-state index is 11.8. The monoisotopic (exact) mass is 164 g/mol. The second-order valence-electron chi connectivity index (χ2n) is 4.19. The first-order chi connectivity index (χ1) is 5.61. The number of allylic oxidation sites excluding steroid dienone is 2. The number of nitrogens with zero attached hydrogens (tertiary/aromatic N) is 1. The van der Waals surface area contributed by atoms with Gasteiger partial charge in [0.05, 0.1) is 5.70 Å². The molecule has 12 heavy (non-hydrogen) atoms. The van der Waals surface area contributed by atoms with Crippen molar-refractivity contribution in [3.05, 3.63) is 18.2 Å². The van der Waals surface area contributed by atoms with E-state index < -0.39 is 0 Å². The Kier molecular flexibility index (Phi) is 1.47. The van der Waals surface area contributed by atoms with Crippen LogP contribution in [0.1, 0.15) is 26.7 Å². The Labute approximate surface area is 73.2 Å². The fourth-order valence-corrected chi connectivity index (χ4v) is 1.80. The Balaban J connectivity index is 2.32. The van der Waals surface area contributed by atoms with Gasteiger partial charge in [-0.15, -0.1) is 0 Å². The molecule has 0 radical (unpaired) electrons. The molecule has 0 saturated carbocycles. The second-order valence-corrected chi connectivity index (χ2v) is 4.19. The van der Waals surface area contributed by atoms with E-state index in [1.807, 2.05) is 18.7 Å². The minimum Gasteiger partial charge on any atom is -0.274 e. The predicted octanol–water partition coefficient (Wildman–Crippen LogP) is 1.74. The van der Waals surface area contributed by atoms with Crippen LogP contribution in [-0.4, -0.2) is 17.4 Å². The fraction of sp³-hybridized carbons (Fsp3) is 0.600. The Bertz CT molecular complexity index is 253. The number of hydrogen-bond donors (Lipinski definition) is 0. The van der Waals surface area contributed by atoms with E-state index in [1.54, 1.807) is 0 Å². The van der Waals surface area contributed by atoms with Crippen molar-refractivity contribution in [2.45, 2.75) is 26.7 Å². The quantitative estimate of drug-likeness (QED) is 0.499. The van der Waals surface area contributed by atoms with Crippen LogP contribution in [0.4, 0.5) is 0 Å². The first kappa shape index (κ1) is 7.71. The van der Waals surface area contributed by atoms with Crippen LogP contribution in [-0.2, 0) is 4.79 Å². The van der Waals surface area contributed by atoms with Gasteiger partial charge in [0.15, 0.2) is 6.54 Å². The predicted molar refractivity (Wildman–Crippen MR) is 47.1 cm³/mol. The molecular weight excluding hydrogens is 150 g/mol. The van der Waals surface area contributed by atoms with Gasteiger partial charge in [0, 0.05) is 5.41 Å². The van der Waals surface area contributed by atoms with Crippen molar-refractivity contribution in [2.75, 3.05) is 6.54 Å². The van der Waals surface area contributed by atoms with Crippen molar-refractivity contribution in [3.8, 4) is 0 Å². The van der Waals surface area contributed by atoms with Gasteiger partial charge in [-0.3, -0.25) is 9.69 Å². The number of carbonyl (C=O) groups excluding carboxylic acids is 1. The number of rotatable bonds is 0. The molecule has 0 aliphatic carbocycles. The van der Waals surface area contributed by atoms with Gasteiger partial charge in [0.1, 0.15) is 12.8 Å². The summed E-state index contributed by atoms with van der Waals surface area (Å²) in [6.45, 7) is 4.84. The lowest BCUT2D eigenvalue weighted by atomic mass is 9.85.